The van der Waals surface area contributed by atoms with Crippen molar-refractivity contribution in [1.82, 2.24) is 0 Å². The largest absolute Gasteiger partial charge is 0.486 e. The predicted molar refractivity (Wildman–Crippen MR) is 72.0 cm³/mol. The first-order valence-corrected chi connectivity index (χ1v) is 6.35. The van der Waals surface area contributed by atoms with Gasteiger partial charge in [-0.15, -0.1) is 0 Å². The zero-order valence-corrected chi connectivity index (χ0v) is 11.0. The SMILES string of the molecule is Cc1cc(C(=O)c2ccc3c(c2)OCCO3)ccc1F. The fourth-order valence-electron chi connectivity index (χ4n) is 2.14. The Morgan fingerprint density at radius 1 is 1.00 bits per heavy atom. The normalized spacial score (nSPS) is 13.1. The third kappa shape index (κ3) is 2.25. The number of fused-ring (bicyclic) bond motifs is 1. The summed E-state index contributed by atoms with van der Waals surface area (Å²) in [6.07, 6.45) is 0. The molecule has 1 aliphatic rings. The quantitative estimate of drug-likeness (QED) is 0.788. The van der Waals surface area contributed by atoms with E-state index in [9.17, 15) is 9.18 Å². The lowest BCUT2D eigenvalue weighted by atomic mass is 10.0. The van der Waals surface area contributed by atoms with Gasteiger partial charge in [-0.25, -0.2) is 4.39 Å². The second-order valence-electron chi connectivity index (χ2n) is 4.65. The van der Waals surface area contributed by atoms with Crippen LogP contribution in [0.25, 0.3) is 0 Å². The van der Waals surface area contributed by atoms with Crippen LogP contribution in [0, 0.1) is 12.7 Å². The first-order valence-electron chi connectivity index (χ1n) is 6.35. The Morgan fingerprint density at radius 2 is 1.65 bits per heavy atom. The highest BCUT2D eigenvalue weighted by Crippen LogP contribution is 2.31. The average Bonchev–Trinajstić information content (AvgIpc) is 2.49. The van der Waals surface area contributed by atoms with Crippen molar-refractivity contribution in [2.24, 2.45) is 0 Å². The van der Waals surface area contributed by atoms with Crippen LogP contribution in [0.1, 0.15) is 21.5 Å². The fourth-order valence-corrected chi connectivity index (χ4v) is 2.14. The zero-order valence-electron chi connectivity index (χ0n) is 11.0. The summed E-state index contributed by atoms with van der Waals surface area (Å²) < 4.78 is 24.1. The van der Waals surface area contributed by atoms with Crippen molar-refractivity contribution in [2.75, 3.05) is 13.2 Å². The van der Waals surface area contributed by atoms with Crippen LogP contribution in [-0.2, 0) is 0 Å². The number of rotatable bonds is 2. The Kier molecular flexibility index (Phi) is 3.14. The van der Waals surface area contributed by atoms with E-state index in [0.29, 0.717) is 41.4 Å². The monoisotopic (exact) mass is 272 g/mol. The lowest BCUT2D eigenvalue weighted by molar-refractivity contribution is 0.103. The smallest absolute Gasteiger partial charge is 0.193 e. The lowest BCUT2D eigenvalue weighted by Gasteiger charge is -2.18. The molecule has 0 amide bonds. The van der Waals surface area contributed by atoms with E-state index in [1.54, 1.807) is 31.2 Å². The van der Waals surface area contributed by atoms with E-state index in [1.165, 1.54) is 12.1 Å². The summed E-state index contributed by atoms with van der Waals surface area (Å²) in [4.78, 5) is 12.4. The summed E-state index contributed by atoms with van der Waals surface area (Å²) in [6, 6.07) is 9.42. The maximum Gasteiger partial charge on any atom is 0.193 e. The molecule has 0 aromatic heterocycles. The van der Waals surface area contributed by atoms with Gasteiger partial charge in [-0.3, -0.25) is 4.79 Å². The zero-order chi connectivity index (χ0) is 14.1. The summed E-state index contributed by atoms with van der Waals surface area (Å²) in [6.45, 7) is 2.62. The summed E-state index contributed by atoms with van der Waals surface area (Å²) in [5.41, 5.74) is 1.41. The maximum absolute atomic E-state index is 13.2. The molecule has 102 valence electrons. The molecule has 3 nitrogen and oxygen atoms in total. The molecule has 0 bridgehead atoms. The molecule has 0 aliphatic carbocycles. The molecule has 0 N–H and O–H groups in total. The van der Waals surface area contributed by atoms with Gasteiger partial charge in [-0.2, -0.15) is 0 Å². The van der Waals surface area contributed by atoms with Gasteiger partial charge < -0.3 is 9.47 Å². The Hall–Kier alpha value is -2.36. The van der Waals surface area contributed by atoms with Gasteiger partial charge in [0.25, 0.3) is 0 Å². The summed E-state index contributed by atoms with van der Waals surface area (Å²) in [7, 11) is 0. The lowest BCUT2D eigenvalue weighted by Crippen LogP contribution is -2.16. The molecule has 0 fully saturated rings. The number of ether oxygens (including phenoxy) is 2. The molecule has 0 saturated carbocycles. The Balaban J connectivity index is 1.95. The van der Waals surface area contributed by atoms with Gasteiger partial charge in [0, 0.05) is 11.1 Å². The van der Waals surface area contributed by atoms with Crippen molar-refractivity contribution in [3.05, 3.63) is 58.9 Å². The molecule has 0 atom stereocenters. The van der Waals surface area contributed by atoms with Gasteiger partial charge >= 0.3 is 0 Å². The minimum absolute atomic E-state index is 0.162. The third-order valence-electron chi connectivity index (χ3n) is 3.22. The second-order valence-corrected chi connectivity index (χ2v) is 4.65. The van der Waals surface area contributed by atoms with Crippen LogP contribution in [-0.4, -0.2) is 19.0 Å². The van der Waals surface area contributed by atoms with Gasteiger partial charge in [0.05, 0.1) is 0 Å². The number of hydrogen-bond acceptors (Lipinski definition) is 3. The second kappa shape index (κ2) is 4.96. The standard InChI is InChI=1S/C16H13FO3/c1-10-8-11(2-4-13(10)17)16(18)12-3-5-14-15(9-12)20-7-6-19-14/h2-5,8-9H,6-7H2,1H3. The average molecular weight is 272 g/mol. The summed E-state index contributed by atoms with van der Waals surface area (Å²) in [5, 5.41) is 0. The molecule has 20 heavy (non-hydrogen) atoms. The van der Waals surface area contributed by atoms with Crippen LogP contribution in [0.4, 0.5) is 4.39 Å². The molecule has 4 heteroatoms. The van der Waals surface area contributed by atoms with Crippen LogP contribution in [0.5, 0.6) is 11.5 Å². The van der Waals surface area contributed by atoms with Crippen LogP contribution in [0.15, 0.2) is 36.4 Å². The molecule has 1 aliphatic heterocycles. The van der Waals surface area contributed by atoms with Crippen LogP contribution >= 0.6 is 0 Å². The minimum Gasteiger partial charge on any atom is -0.486 e. The van der Waals surface area contributed by atoms with Crippen molar-refractivity contribution in [3.63, 3.8) is 0 Å². The summed E-state index contributed by atoms with van der Waals surface area (Å²) >= 11 is 0. The molecule has 2 aromatic rings. The minimum atomic E-state index is -0.316. The van der Waals surface area contributed by atoms with E-state index in [0.717, 1.165) is 0 Å². The third-order valence-corrected chi connectivity index (χ3v) is 3.22. The first kappa shape index (κ1) is 12.7. The van der Waals surface area contributed by atoms with Crippen LogP contribution in [0.2, 0.25) is 0 Å². The molecule has 2 aromatic carbocycles. The van der Waals surface area contributed by atoms with Crippen molar-refractivity contribution in [1.29, 1.82) is 0 Å². The van der Waals surface area contributed by atoms with Crippen LogP contribution in [0.3, 0.4) is 0 Å². The highest BCUT2D eigenvalue weighted by atomic mass is 19.1. The van der Waals surface area contributed by atoms with Crippen molar-refractivity contribution in [2.45, 2.75) is 6.92 Å². The molecule has 0 unspecified atom stereocenters. The van der Waals surface area contributed by atoms with Gasteiger partial charge in [0.2, 0.25) is 0 Å². The fraction of sp³-hybridized carbons (Fsp3) is 0.188. The predicted octanol–water partition coefficient (Wildman–Crippen LogP) is 3.14. The Bertz CT molecular complexity index is 679. The number of hydrogen-bond donors (Lipinski definition) is 0. The van der Waals surface area contributed by atoms with E-state index in [1.807, 2.05) is 0 Å². The number of aryl methyl sites for hydroxylation is 1. The Labute approximate surface area is 115 Å². The summed E-state index contributed by atoms with van der Waals surface area (Å²) in [5.74, 6) is 0.734. The van der Waals surface area contributed by atoms with E-state index < -0.39 is 0 Å². The molecule has 0 saturated heterocycles. The van der Waals surface area contributed by atoms with Crippen molar-refractivity contribution in [3.8, 4) is 11.5 Å². The molecule has 1 heterocycles. The van der Waals surface area contributed by atoms with Crippen molar-refractivity contribution < 1.29 is 18.7 Å². The van der Waals surface area contributed by atoms with E-state index in [-0.39, 0.29) is 11.6 Å². The number of halogens is 1. The molecule has 0 radical (unpaired) electrons. The van der Waals surface area contributed by atoms with Gasteiger partial charge in [-0.1, -0.05) is 0 Å². The van der Waals surface area contributed by atoms with E-state index in [4.69, 9.17) is 9.47 Å². The number of benzene rings is 2. The first-order chi connectivity index (χ1) is 9.65. The van der Waals surface area contributed by atoms with Gasteiger partial charge in [0.15, 0.2) is 17.3 Å². The van der Waals surface area contributed by atoms with Gasteiger partial charge in [0.1, 0.15) is 19.0 Å². The number of ketones is 1. The molecular formula is C16H13FO3. The highest BCUT2D eigenvalue weighted by molar-refractivity contribution is 6.09. The van der Waals surface area contributed by atoms with E-state index >= 15 is 0 Å². The van der Waals surface area contributed by atoms with Crippen LogP contribution < -0.4 is 9.47 Å². The topological polar surface area (TPSA) is 35.5 Å². The number of carbonyl (C=O) groups excluding carboxylic acids is 1. The molecule has 3 rings (SSSR count). The highest BCUT2D eigenvalue weighted by Gasteiger charge is 2.16. The van der Waals surface area contributed by atoms with Crippen molar-refractivity contribution >= 4 is 5.78 Å². The number of carbonyl (C=O) groups is 1. The maximum atomic E-state index is 13.2. The molecular weight excluding hydrogens is 259 g/mol. The Morgan fingerprint density at radius 3 is 2.40 bits per heavy atom. The molecule has 0 spiro atoms. The van der Waals surface area contributed by atoms with E-state index in [2.05, 4.69) is 0 Å². The van der Waals surface area contributed by atoms with Gasteiger partial charge in [-0.05, 0) is 48.9 Å².